The van der Waals surface area contributed by atoms with Crippen molar-refractivity contribution in [3.05, 3.63) is 59.1 Å². The number of benzene rings is 2. The Morgan fingerprint density at radius 1 is 1.17 bits per heavy atom. The lowest BCUT2D eigenvalue weighted by atomic mass is 10.1. The molecule has 2 aromatic carbocycles. The smallest absolute Gasteiger partial charge is 0.319 e. The normalized spacial score (nSPS) is 19.1. The van der Waals surface area contributed by atoms with Gasteiger partial charge < -0.3 is 15.5 Å². The minimum Gasteiger partial charge on any atom is -0.378 e. The van der Waals surface area contributed by atoms with E-state index in [1.807, 2.05) is 61.5 Å². The van der Waals surface area contributed by atoms with E-state index in [9.17, 15) is 4.79 Å². The Hall–Kier alpha value is -2.20. The molecular formula is C18H20ClN3O. The standard InChI is InChI=1S/C18H20ClN3O/c1-22(2)15-8-6-14(7-9-15)20-18(23)21-17-11-16(17)12-4-3-5-13(19)10-12/h3-10,16-17H,11H2,1-2H3,(H2,20,21,23)/t16-,17-/m1/s1. The fourth-order valence-corrected chi connectivity index (χ4v) is 2.84. The topological polar surface area (TPSA) is 44.4 Å². The van der Waals surface area contributed by atoms with Gasteiger partial charge in [-0.2, -0.15) is 0 Å². The molecule has 0 unspecified atom stereocenters. The monoisotopic (exact) mass is 329 g/mol. The van der Waals surface area contributed by atoms with Crippen molar-refractivity contribution < 1.29 is 4.79 Å². The summed E-state index contributed by atoms with van der Waals surface area (Å²) in [6.45, 7) is 0. The number of nitrogens with zero attached hydrogens (tertiary/aromatic N) is 1. The maximum Gasteiger partial charge on any atom is 0.319 e. The molecule has 3 rings (SSSR count). The minimum absolute atomic E-state index is 0.169. The lowest BCUT2D eigenvalue weighted by Gasteiger charge is -2.13. The van der Waals surface area contributed by atoms with Crippen molar-refractivity contribution in [2.45, 2.75) is 18.4 Å². The van der Waals surface area contributed by atoms with E-state index >= 15 is 0 Å². The molecule has 4 nitrogen and oxygen atoms in total. The first-order chi connectivity index (χ1) is 11.0. The Balaban J connectivity index is 1.52. The van der Waals surface area contributed by atoms with Crippen molar-refractivity contribution in [2.75, 3.05) is 24.3 Å². The van der Waals surface area contributed by atoms with Crippen LogP contribution in [0.3, 0.4) is 0 Å². The fraction of sp³-hybridized carbons (Fsp3) is 0.278. The van der Waals surface area contributed by atoms with Crippen LogP contribution in [0.25, 0.3) is 0 Å². The summed E-state index contributed by atoms with van der Waals surface area (Å²) in [6.07, 6.45) is 0.952. The van der Waals surface area contributed by atoms with Gasteiger partial charge in [-0.15, -0.1) is 0 Å². The molecular weight excluding hydrogens is 310 g/mol. The van der Waals surface area contributed by atoms with E-state index in [4.69, 9.17) is 11.6 Å². The first-order valence-electron chi connectivity index (χ1n) is 7.63. The van der Waals surface area contributed by atoms with Crippen LogP contribution in [0.4, 0.5) is 16.2 Å². The van der Waals surface area contributed by atoms with Crippen LogP contribution in [-0.4, -0.2) is 26.2 Å². The summed E-state index contributed by atoms with van der Waals surface area (Å²) in [7, 11) is 3.97. The van der Waals surface area contributed by atoms with Crippen LogP contribution in [-0.2, 0) is 0 Å². The van der Waals surface area contributed by atoms with Gasteiger partial charge in [0.1, 0.15) is 0 Å². The lowest BCUT2D eigenvalue weighted by molar-refractivity contribution is 0.251. The molecule has 1 aliphatic rings. The molecule has 2 amide bonds. The van der Waals surface area contributed by atoms with Crippen molar-refractivity contribution >= 4 is 29.0 Å². The molecule has 2 atom stereocenters. The second kappa shape index (κ2) is 6.50. The Labute approximate surface area is 141 Å². The number of hydrogen-bond donors (Lipinski definition) is 2. The van der Waals surface area contributed by atoms with Gasteiger partial charge in [0.25, 0.3) is 0 Å². The first-order valence-corrected chi connectivity index (χ1v) is 8.01. The molecule has 0 heterocycles. The number of carbonyl (C=O) groups is 1. The van der Waals surface area contributed by atoms with Crippen LogP contribution < -0.4 is 15.5 Å². The Morgan fingerprint density at radius 3 is 2.57 bits per heavy atom. The first kappa shape index (κ1) is 15.7. The van der Waals surface area contributed by atoms with Gasteiger partial charge in [0, 0.05) is 42.5 Å². The molecule has 0 aromatic heterocycles. The van der Waals surface area contributed by atoms with Crippen LogP contribution in [0.1, 0.15) is 17.9 Å². The van der Waals surface area contributed by atoms with Crippen LogP contribution >= 0.6 is 11.6 Å². The van der Waals surface area contributed by atoms with Crippen molar-refractivity contribution in [2.24, 2.45) is 0 Å². The van der Waals surface area contributed by atoms with Crippen LogP contribution in [0.2, 0.25) is 5.02 Å². The second-order valence-electron chi connectivity index (χ2n) is 6.04. The number of carbonyl (C=O) groups excluding carboxylic acids is 1. The summed E-state index contributed by atoms with van der Waals surface area (Å²) in [6, 6.07) is 15.6. The average molecular weight is 330 g/mol. The van der Waals surface area contributed by atoms with E-state index in [0.29, 0.717) is 5.92 Å². The van der Waals surface area contributed by atoms with E-state index in [1.165, 1.54) is 5.56 Å². The highest BCUT2D eigenvalue weighted by atomic mass is 35.5. The molecule has 2 N–H and O–H groups in total. The van der Waals surface area contributed by atoms with Gasteiger partial charge in [-0.3, -0.25) is 0 Å². The maximum absolute atomic E-state index is 12.1. The largest absolute Gasteiger partial charge is 0.378 e. The van der Waals surface area contributed by atoms with E-state index in [2.05, 4.69) is 16.7 Å². The molecule has 0 saturated heterocycles. The van der Waals surface area contributed by atoms with Gasteiger partial charge in [0.05, 0.1) is 0 Å². The number of halogens is 1. The minimum atomic E-state index is -0.169. The lowest BCUT2D eigenvalue weighted by Crippen LogP contribution is -2.31. The van der Waals surface area contributed by atoms with Crippen LogP contribution in [0.5, 0.6) is 0 Å². The molecule has 0 radical (unpaired) electrons. The maximum atomic E-state index is 12.1. The number of urea groups is 1. The third-order valence-corrected chi connectivity index (χ3v) is 4.26. The molecule has 0 aliphatic heterocycles. The highest BCUT2D eigenvalue weighted by Gasteiger charge is 2.39. The van der Waals surface area contributed by atoms with E-state index in [0.717, 1.165) is 22.8 Å². The summed E-state index contributed by atoms with van der Waals surface area (Å²) >= 11 is 6.01. The molecule has 2 aromatic rings. The molecule has 5 heteroatoms. The van der Waals surface area contributed by atoms with Gasteiger partial charge in [0.15, 0.2) is 0 Å². The molecule has 1 fully saturated rings. The van der Waals surface area contributed by atoms with Crippen LogP contribution in [0.15, 0.2) is 48.5 Å². The zero-order valence-corrected chi connectivity index (χ0v) is 14.0. The Kier molecular flexibility index (Phi) is 4.44. The molecule has 120 valence electrons. The number of amides is 2. The van der Waals surface area contributed by atoms with Gasteiger partial charge in [-0.25, -0.2) is 4.79 Å². The average Bonchev–Trinajstić information content (AvgIpc) is 3.26. The zero-order valence-electron chi connectivity index (χ0n) is 13.2. The third kappa shape index (κ3) is 3.96. The van der Waals surface area contributed by atoms with Crippen molar-refractivity contribution in [1.82, 2.24) is 5.32 Å². The summed E-state index contributed by atoms with van der Waals surface area (Å²) in [4.78, 5) is 14.1. The molecule has 0 spiro atoms. The number of anilines is 2. The van der Waals surface area contributed by atoms with Crippen molar-refractivity contribution in [3.63, 3.8) is 0 Å². The van der Waals surface area contributed by atoms with Gasteiger partial charge in [-0.05, 0) is 48.4 Å². The fourth-order valence-electron chi connectivity index (χ4n) is 2.64. The predicted octanol–water partition coefficient (Wildman–Crippen LogP) is 4.08. The zero-order chi connectivity index (χ0) is 16.4. The van der Waals surface area contributed by atoms with Gasteiger partial charge in [-0.1, -0.05) is 23.7 Å². The van der Waals surface area contributed by atoms with Gasteiger partial charge in [0.2, 0.25) is 0 Å². The molecule has 0 bridgehead atoms. The van der Waals surface area contributed by atoms with Crippen molar-refractivity contribution in [1.29, 1.82) is 0 Å². The van der Waals surface area contributed by atoms with Crippen molar-refractivity contribution in [3.8, 4) is 0 Å². The SMILES string of the molecule is CN(C)c1ccc(NC(=O)N[C@@H]2C[C@@H]2c2cccc(Cl)c2)cc1. The summed E-state index contributed by atoms with van der Waals surface area (Å²) in [5, 5.41) is 6.61. The number of rotatable bonds is 4. The predicted molar refractivity (Wildman–Crippen MR) is 95.5 cm³/mol. The number of nitrogens with one attached hydrogen (secondary N) is 2. The summed E-state index contributed by atoms with van der Waals surface area (Å²) < 4.78 is 0. The Bertz CT molecular complexity index is 700. The third-order valence-electron chi connectivity index (χ3n) is 4.03. The van der Waals surface area contributed by atoms with E-state index < -0.39 is 0 Å². The van der Waals surface area contributed by atoms with E-state index in [1.54, 1.807) is 0 Å². The highest BCUT2D eigenvalue weighted by Crippen LogP contribution is 2.41. The Morgan fingerprint density at radius 2 is 1.91 bits per heavy atom. The summed E-state index contributed by atoms with van der Waals surface area (Å²) in [5.41, 5.74) is 3.06. The molecule has 1 aliphatic carbocycles. The molecule has 1 saturated carbocycles. The molecule has 23 heavy (non-hydrogen) atoms. The van der Waals surface area contributed by atoms with E-state index in [-0.39, 0.29) is 12.1 Å². The van der Waals surface area contributed by atoms with Crippen LogP contribution in [0, 0.1) is 0 Å². The van der Waals surface area contributed by atoms with Gasteiger partial charge >= 0.3 is 6.03 Å². The number of hydrogen-bond acceptors (Lipinski definition) is 2. The highest BCUT2D eigenvalue weighted by molar-refractivity contribution is 6.30. The summed E-state index contributed by atoms with van der Waals surface area (Å²) in [5.74, 6) is 0.357. The second-order valence-corrected chi connectivity index (χ2v) is 6.48. The quantitative estimate of drug-likeness (QED) is 0.887.